The average molecular weight is 404 g/mol. The lowest BCUT2D eigenvalue weighted by Crippen LogP contribution is -2.10. The van der Waals surface area contributed by atoms with E-state index in [1.165, 1.54) is 6.92 Å². The van der Waals surface area contributed by atoms with Crippen molar-refractivity contribution < 1.29 is 18.7 Å². The minimum absolute atomic E-state index is 0.00906. The molecule has 2 aromatic carbocycles. The number of ketones is 1. The van der Waals surface area contributed by atoms with E-state index in [1.54, 1.807) is 54.6 Å². The highest BCUT2D eigenvalue weighted by Crippen LogP contribution is 2.25. The topological polar surface area (TPSA) is 68.5 Å². The molecule has 1 amide bonds. The van der Waals surface area contributed by atoms with Crippen molar-refractivity contribution in [3.8, 4) is 5.75 Å². The highest BCUT2D eigenvalue weighted by Gasteiger charge is 2.13. The Morgan fingerprint density at radius 3 is 2.41 bits per heavy atom. The molecule has 0 radical (unpaired) electrons. The fourth-order valence-electron chi connectivity index (χ4n) is 2.28. The number of benzene rings is 2. The molecule has 0 saturated heterocycles. The van der Waals surface area contributed by atoms with Gasteiger partial charge in [0.1, 0.15) is 18.1 Å². The van der Waals surface area contributed by atoms with Crippen LogP contribution in [0.4, 0.5) is 5.69 Å². The van der Waals surface area contributed by atoms with E-state index in [0.717, 1.165) is 0 Å². The monoisotopic (exact) mass is 403 g/mol. The number of halogens is 2. The van der Waals surface area contributed by atoms with Crippen LogP contribution in [0.2, 0.25) is 10.0 Å². The van der Waals surface area contributed by atoms with Gasteiger partial charge in [-0.2, -0.15) is 0 Å². The molecule has 0 bridgehead atoms. The van der Waals surface area contributed by atoms with Crippen LogP contribution < -0.4 is 10.1 Å². The summed E-state index contributed by atoms with van der Waals surface area (Å²) in [5.41, 5.74) is 1.12. The minimum Gasteiger partial charge on any atom is -0.486 e. The van der Waals surface area contributed by atoms with E-state index in [1.807, 2.05) is 0 Å². The number of carbonyl (C=O) groups is 2. The quantitative estimate of drug-likeness (QED) is 0.542. The average Bonchev–Trinajstić information content (AvgIpc) is 3.12. The first-order valence-electron chi connectivity index (χ1n) is 8.01. The van der Waals surface area contributed by atoms with Crippen LogP contribution in [-0.2, 0) is 6.61 Å². The van der Waals surface area contributed by atoms with Gasteiger partial charge in [-0.1, -0.05) is 23.2 Å². The first-order chi connectivity index (χ1) is 12.9. The summed E-state index contributed by atoms with van der Waals surface area (Å²) in [5, 5.41) is 3.43. The molecule has 3 aromatic rings. The van der Waals surface area contributed by atoms with E-state index in [4.69, 9.17) is 32.4 Å². The van der Waals surface area contributed by atoms with E-state index in [-0.39, 0.29) is 18.2 Å². The van der Waals surface area contributed by atoms with Crippen molar-refractivity contribution in [1.82, 2.24) is 0 Å². The molecule has 1 heterocycles. The lowest BCUT2D eigenvalue weighted by Gasteiger charge is -2.05. The second kappa shape index (κ2) is 8.29. The molecular formula is C20H15Cl2NO4. The van der Waals surface area contributed by atoms with Crippen molar-refractivity contribution in [3.05, 3.63) is 81.7 Å². The Labute approximate surface area is 165 Å². The summed E-state index contributed by atoms with van der Waals surface area (Å²) >= 11 is 11.8. The van der Waals surface area contributed by atoms with Crippen LogP contribution >= 0.6 is 23.2 Å². The lowest BCUT2D eigenvalue weighted by molar-refractivity contribution is 0.0990. The van der Waals surface area contributed by atoms with Crippen molar-refractivity contribution in [2.45, 2.75) is 13.5 Å². The van der Waals surface area contributed by atoms with Crippen LogP contribution in [0.3, 0.4) is 0 Å². The highest BCUT2D eigenvalue weighted by atomic mass is 35.5. The number of carbonyl (C=O) groups excluding carboxylic acids is 2. The maximum absolute atomic E-state index is 12.2. The third kappa shape index (κ3) is 4.90. The number of hydrogen-bond acceptors (Lipinski definition) is 4. The van der Waals surface area contributed by atoms with Crippen LogP contribution in [0.25, 0.3) is 0 Å². The molecule has 1 N–H and O–H groups in total. The van der Waals surface area contributed by atoms with E-state index >= 15 is 0 Å². The van der Waals surface area contributed by atoms with Crippen LogP contribution in [0, 0.1) is 0 Å². The Kier molecular flexibility index (Phi) is 5.84. The standard InChI is InChI=1S/C20H15Cl2NO4/c1-12(24)13-2-5-15(6-3-13)26-11-16-7-9-19(27-16)20(25)23-14-4-8-17(21)18(22)10-14/h2-10H,11H2,1H3,(H,23,25). The summed E-state index contributed by atoms with van der Waals surface area (Å²) in [7, 11) is 0. The van der Waals surface area contributed by atoms with E-state index in [2.05, 4.69) is 5.32 Å². The zero-order valence-electron chi connectivity index (χ0n) is 14.3. The van der Waals surface area contributed by atoms with E-state index in [0.29, 0.717) is 32.8 Å². The molecule has 27 heavy (non-hydrogen) atoms. The van der Waals surface area contributed by atoms with Gasteiger partial charge >= 0.3 is 0 Å². The SMILES string of the molecule is CC(=O)c1ccc(OCc2ccc(C(=O)Nc3ccc(Cl)c(Cl)c3)o2)cc1. The summed E-state index contributed by atoms with van der Waals surface area (Å²) in [4.78, 5) is 23.5. The van der Waals surface area contributed by atoms with Gasteiger partial charge in [0, 0.05) is 11.3 Å². The molecule has 0 saturated carbocycles. The summed E-state index contributed by atoms with van der Waals surface area (Å²) in [6.07, 6.45) is 0. The van der Waals surface area contributed by atoms with Gasteiger partial charge in [0.25, 0.3) is 5.91 Å². The first-order valence-corrected chi connectivity index (χ1v) is 8.77. The molecule has 138 valence electrons. The van der Waals surface area contributed by atoms with E-state index < -0.39 is 5.91 Å². The molecule has 0 spiro atoms. The molecule has 7 heteroatoms. The smallest absolute Gasteiger partial charge is 0.291 e. The first kappa shape index (κ1) is 19.0. The zero-order chi connectivity index (χ0) is 19.4. The Morgan fingerprint density at radius 1 is 1.00 bits per heavy atom. The summed E-state index contributed by atoms with van der Waals surface area (Å²) < 4.78 is 11.1. The maximum atomic E-state index is 12.2. The Morgan fingerprint density at radius 2 is 1.74 bits per heavy atom. The second-order valence-electron chi connectivity index (χ2n) is 5.72. The molecule has 0 aliphatic carbocycles. The minimum atomic E-state index is -0.412. The Balaban J connectivity index is 1.59. The molecule has 0 unspecified atom stereocenters. The van der Waals surface area contributed by atoms with Crippen molar-refractivity contribution in [2.75, 3.05) is 5.32 Å². The molecule has 0 atom stereocenters. The van der Waals surface area contributed by atoms with Gasteiger partial charge in [0.15, 0.2) is 11.5 Å². The Hall–Kier alpha value is -2.76. The largest absolute Gasteiger partial charge is 0.486 e. The van der Waals surface area contributed by atoms with Gasteiger partial charge in [0.05, 0.1) is 10.0 Å². The highest BCUT2D eigenvalue weighted by molar-refractivity contribution is 6.42. The molecule has 3 rings (SSSR count). The van der Waals surface area contributed by atoms with Gasteiger partial charge in [-0.25, -0.2) is 0 Å². The fourth-order valence-corrected chi connectivity index (χ4v) is 2.58. The third-order valence-electron chi connectivity index (χ3n) is 3.70. The van der Waals surface area contributed by atoms with Gasteiger partial charge in [-0.15, -0.1) is 0 Å². The number of rotatable bonds is 6. The summed E-state index contributed by atoms with van der Waals surface area (Å²) in [5.74, 6) is 0.811. The predicted octanol–water partition coefficient (Wildman–Crippen LogP) is 5.62. The van der Waals surface area contributed by atoms with Gasteiger partial charge in [-0.05, 0) is 61.5 Å². The van der Waals surface area contributed by atoms with Crippen molar-refractivity contribution in [3.63, 3.8) is 0 Å². The van der Waals surface area contributed by atoms with Crippen LogP contribution in [0.15, 0.2) is 59.0 Å². The normalized spacial score (nSPS) is 10.5. The third-order valence-corrected chi connectivity index (χ3v) is 4.44. The second-order valence-corrected chi connectivity index (χ2v) is 6.53. The molecule has 1 aromatic heterocycles. The van der Waals surface area contributed by atoms with Crippen LogP contribution in [0.1, 0.15) is 33.6 Å². The maximum Gasteiger partial charge on any atom is 0.291 e. The number of hydrogen-bond donors (Lipinski definition) is 1. The van der Waals surface area contributed by atoms with Crippen molar-refractivity contribution in [1.29, 1.82) is 0 Å². The molecular weight excluding hydrogens is 389 g/mol. The van der Waals surface area contributed by atoms with E-state index in [9.17, 15) is 9.59 Å². The fraction of sp³-hybridized carbons (Fsp3) is 0.100. The molecule has 5 nitrogen and oxygen atoms in total. The van der Waals surface area contributed by atoms with Crippen LogP contribution in [-0.4, -0.2) is 11.7 Å². The summed E-state index contributed by atoms with van der Waals surface area (Å²) in [6, 6.07) is 14.8. The van der Waals surface area contributed by atoms with Gasteiger partial charge < -0.3 is 14.5 Å². The number of furan rings is 1. The number of anilines is 1. The van der Waals surface area contributed by atoms with Crippen molar-refractivity contribution in [2.24, 2.45) is 0 Å². The predicted molar refractivity (Wildman–Crippen MR) is 104 cm³/mol. The summed E-state index contributed by atoms with van der Waals surface area (Å²) in [6.45, 7) is 1.66. The lowest BCUT2D eigenvalue weighted by atomic mass is 10.1. The molecule has 0 aliphatic heterocycles. The number of amides is 1. The van der Waals surface area contributed by atoms with Crippen molar-refractivity contribution >= 4 is 40.6 Å². The number of ether oxygens (including phenoxy) is 1. The Bertz CT molecular complexity index is 980. The van der Waals surface area contributed by atoms with Crippen LogP contribution in [0.5, 0.6) is 5.75 Å². The van der Waals surface area contributed by atoms with Gasteiger partial charge in [0.2, 0.25) is 0 Å². The zero-order valence-corrected chi connectivity index (χ0v) is 15.8. The molecule has 0 fully saturated rings. The van der Waals surface area contributed by atoms with Gasteiger partial charge in [-0.3, -0.25) is 9.59 Å². The number of nitrogens with one attached hydrogen (secondary N) is 1. The number of Topliss-reactive ketones (excluding diaryl/α,β-unsaturated/α-hetero) is 1. The molecule has 0 aliphatic rings.